The maximum absolute atomic E-state index is 11.1. The number of nitrogen functional groups attached to an aromatic ring is 1. The first-order chi connectivity index (χ1) is 8.60. The molecule has 2 heterocycles. The van der Waals surface area contributed by atoms with Crippen molar-refractivity contribution in [3.05, 3.63) is 39.9 Å². The van der Waals surface area contributed by atoms with E-state index in [1.54, 1.807) is 0 Å². The Hall–Kier alpha value is -2.75. The number of rotatable bonds is 4. The third-order valence-electron chi connectivity index (χ3n) is 2.05. The molecule has 0 aliphatic carbocycles. The van der Waals surface area contributed by atoms with Crippen LogP contribution in [-0.4, -0.2) is 25.8 Å². The first kappa shape index (κ1) is 11.7. The van der Waals surface area contributed by atoms with Gasteiger partial charge in [-0.1, -0.05) is 5.16 Å². The fourth-order valence-corrected chi connectivity index (χ4v) is 1.26. The van der Waals surface area contributed by atoms with Crippen LogP contribution in [0.15, 0.2) is 22.9 Å². The zero-order chi connectivity index (χ0) is 13.1. The van der Waals surface area contributed by atoms with Gasteiger partial charge >= 0.3 is 5.82 Å². The van der Waals surface area contributed by atoms with Crippen LogP contribution in [0.4, 0.5) is 5.82 Å². The van der Waals surface area contributed by atoms with Gasteiger partial charge in [-0.25, -0.2) is 5.84 Å². The van der Waals surface area contributed by atoms with E-state index in [1.165, 1.54) is 23.0 Å². The van der Waals surface area contributed by atoms with Gasteiger partial charge in [-0.3, -0.25) is 10.2 Å². The molecule has 0 radical (unpaired) electrons. The summed E-state index contributed by atoms with van der Waals surface area (Å²) in [6, 6.07) is 2.62. The molecule has 10 nitrogen and oxygen atoms in total. The lowest BCUT2D eigenvalue weighted by molar-refractivity contribution is -0.389. The molecule has 0 atom stereocenters. The molecule has 1 amide bonds. The highest BCUT2D eigenvalue weighted by atomic mass is 16.6. The lowest BCUT2D eigenvalue weighted by atomic mass is 10.3. The molecule has 18 heavy (non-hydrogen) atoms. The van der Waals surface area contributed by atoms with Crippen molar-refractivity contribution in [3.63, 3.8) is 0 Å². The minimum atomic E-state index is -0.607. The van der Waals surface area contributed by atoms with Crippen molar-refractivity contribution < 1.29 is 14.2 Å². The van der Waals surface area contributed by atoms with E-state index in [1.807, 2.05) is 5.43 Å². The summed E-state index contributed by atoms with van der Waals surface area (Å²) < 4.78 is 6.16. The van der Waals surface area contributed by atoms with E-state index in [2.05, 4.69) is 10.3 Å². The third-order valence-corrected chi connectivity index (χ3v) is 2.05. The first-order valence-corrected chi connectivity index (χ1v) is 4.74. The summed E-state index contributed by atoms with van der Waals surface area (Å²) in [5.41, 5.74) is 1.93. The third kappa shape index (κ3) is 2.32. The van der Waals surface area contributed by atoms with Crippen molar-refractivity contribution in [2.24, 2.45) is 5.84 Å². The van der Waals surface area contributed by atoms with E-state index in [9.17, 15) is 14.9 Å². The number of carbonyl (C=O) groups is 1. The molecule has 0 bridgehead atoms. The number of hydrogen-bond donors (Lipinski definition) is 2. The zero-order valence-corrected chi connectivity index (χ0v) is 8.94. The summed E-state index contributed by atoms with van der Waals surface area (Å²) in [5, 5.41) is 17.6. The van der Waals surface area contributed by atoms with Crippen LogP contribution >= 0.6 is 0 Å². The summed E-state index contributed by atoms with van der Waals surface area (Å²) in [4.78, 5) is 20.9. The molecule has 2 aromatic heterocycles. The molecule has 2 aromatic rings. The number of hydrazine groups is 1. The number of hydrogen-bond acceptors (Lipinski definition) is 7. The van der Waals surface area contributed by atoms with E-state index < -0.39 is 10.8 Å². The van der Waals surface area contributed by atoms with Gasteiger partial charge < -0.3 is 14.6 Å². The Balaban J connectivity index is 2.11. The van der Waals surface area contributed by atoms with Crippen LogP contribution in [0.25, 0.3) is 0 Å². The monoisotopic (exact) mass is 252 g/mol. The van der Waals surface area contributed by atoms with E-state index in [0.717, 1.165) is 0 Å². The lowest BCUT2D eigenvalue weighted by Gasteiger charge is -1.90. The molecular formula is C8H8N6O4. The Morgan fingerprint density at radius 1 is 1.67 bits per heavy atom. The maximum Gasteiger partial charge on any atom is 0.389 e. The topological polar surface area (TPSA) is 142 Å². The first-order valence-electron chi connectivity index (χ1n) is 4.74. The molecule has 0 aliphatic heterocycles. The van der Waals surface area contributed by atoms with Crippen LogP contribution in [0, 0.1) is 10.1 Å². The van der Waals surface area contributed by atoms with E-state index in [0.29, 0.717) is 5.76 Å². The Kier molecular flexibility index (Phi) is 3.02. The van der Waals surface area contributed by atoms with Gasteiger partial charge in [-0.2, -0.15) is 4.68 Å². The molecule has 2 rings (SSSR count). The SMILES string of the molecule is NNC(=O)c1cc(Cn2ccc([N+](=O)[O-])n2)on1. The molecule has 3 N–H and O–H groups in total. The van der Waals surface area contributed by atoms with Crippen LogP contribution in [0.2, 0.25) is 0 Å². The van der Waals surface area contributed by atoms with Crippen LogP contribution in [0.1, 0.15) is 16.2 Å². The van der Waals surface area contributed by atoms with Crippen molar-refractivity contribution in [1.29, 1.82) is 0 Å². The highest BCUT2D eigenvalue weighted by molar-refractivity contribution is 5.91. The second kappa shape index (κ2) is 4.63. The fourth-order valence-electron chi connectivity index (χ4n) is 1.26. The van der Waals surface area contributed by atoms with Crippen molar-refractivity contribution in [3.8, 4) is 0 Å². The molecule has 10 heteroatoms. The summed E-state index contributed by atoms with van der Waals surface area (Å²) in [6.07, 6.45) is 1.42. The average molecular weight is 252 g/mol. The predicted octanol–water partition coefficient (Wildman–Crippen LogP) is -0.569. The van der Waals surface area contributed by atoms with Gasteiger partial charge in [0, 0.05) is 6.07 Å². The van der Waals surface area contributed by atoms with Crippen molar-refractivity contribution >= 4 is 11.7 Å². The Labute approximate surface area is 99.5 Å². The molecule has 0 spiro atoms. The normalized spacial score (nSPS) is 10.3. The summed E-state index contributed by atoms with van der Waals surface area (Å²) in [6.45, 7) is 0.124. The number of amides is 1. The number of nitrogens with zero attached hydrogens (tertiary/aromatic N) is 4. The second-order valence-electron chi connectivity index (χ2n) is 3.28. The van der Waals surface area contributed by atoms with Gasteiger partial charge in [0.25, 0.3) is 5.91 Å². The Bertz CT molecular complexity index is 588. The quantitative estimate of drug-likeness (QED) is 0.321. The number of nitrogens with one attached hydrogen (secondary N) is 1. The maximum atomic E-state index is 11.1. The highest BCUT2D eigenvalue weighted by Gasteiger charge is 2.15. The van der Waals surface area contributed by atoms with Gasteiger partial charge in [0.15, 0.2) is 11.5 Å². The lowest BCUT2D eigenvalue weighted by Crippen LogP contribution is -2.30. The standard InChI is InChI=1S/C8H8N6O4/c9-10-8(15)6-3-5(18-12-6)4-13-2-1-7(11-13)14(16)17/h1-3H,4,9H2,(H,10,15). The van der Waals surface area contributed by atoms with Crippen molar-refractivity contribution in [2.45, 2.75) is 6.54 Å². The largest absolute Gasteiger partial charge is 0.389 e. The van der Waals surface area contributed by atoms with Gasteiger partial charge in [-0.05, 0) is 4.92 Å². The molecule has 0 aliphatic rings. The zero-order valence-electron chi connectivity index (χ0n) is 8.94. The van der Waals surface area contributed by atoms with Gasteiger partial charge in [-0.15, -0.1) is 0 Å². The van der Waals surface area contributed by atoms with E-state index in [4.69, 9.17) is 10.4 Å². The molecule has 94 valence electrons. The van der Waals surface area contributed by atoms with Gasteiger partial charge in [0.1, 0.15) is 6.54 Å². The van der Waals surface area contributed by atoms with Crippen molar-refractivity contribution in [2.75, 3.05) is 0 Å². The highest BCUT2D eigenvalue weighted by Crippen LogP contribution is 2.09. The predicted molar refractivity (Wildman–Crippen MR) is 56.1 cm³/mol. The molecule has 0 unspecified atom stereocenters. The second-order valence-corrected chi connectivity index (χ2v) is 3.28. The van der Waals surface area contributed by atoms with Crippen LogP contribution in [0.5, 0.6) is 0 Å². The number of aromatic nitrogens is 3. The van der Waals surface area contributed by atoms with Gasteiger partial charge in [0.2, 0.25) is 0 Å². The van der Waals surface area contributed by atoms with Crippen LogP contribution in [-0.2, 0) is 6.54 Å². The molecular weight excluding hydrogens is 244 g/mol. The van der Waals surface area contributed by atoms with E-state index in [-0.39, 0.29) is 18.1 Å². The number of nitrogens with two attached hydrogens (primary N) is 1. The van der Waals surface area contributed by atoms with Crippen LogP contribution in [0.3, 0.4) is 0 Å². The molecule has 0 aromatic carbocycles. The number of nitro groups is 1. The van der Waals surface area contributed by atoms with E-state index >= 15 is 0 Å². The number of carbonyl (C=O) groups excluding carboxylic acids is 1. The van der Waals surface area contributed by atoms with Crippen molar-refractivity contribution in [1.82, 2.24) is 20.4 Å². The fraction of sp³-hybridized carbons (Fsp3) is 0.125. The average Bonchev–Trinajstić information content (AvgIpc) is 2.98. The minimum Gasteiger partial charge on any atom is -0.359 e. The summed E-state index contributed by atoms with van der Waals surface area (Å²) in [5.74, 6) is 4.40. The Morgan fingerprint density at radius 2 is 2.44 bits per heavy atom. The minimum absolute atomic E-state index is 0.0224. The molecule has 0 saturated carbocycles. The molecule has 0 fully saturated rings. The summed E-state index contributed by atoms with van der Waals surface area (Å²) in [7, 11) is 0. The smallest absolute Gasteiger partial charge is 0.359 e. The van der Waals surface area contributed by atoms with Crippen LogP contribution < -0.4 is 11.3 Å². The summed E-state index contributed by atoms with van der Waals surface area (Å²) >= 11 is 0. The Morgan fingerprint density at radius 3 is 3.06 bits per heavy atom. The van der Waals surface area contributed by atoms with Gasteiger partial charge in [0.05, 0.1) is 17.4 Å². The molecule has 0 saturated heterocycles.